The fourth-order valence-corrected chi connectivity index (χ4v) is 4.69. The van der Waals surface area contributed by atoms with Gasteiger partial charge in [-0.05, 0) is 17.8 Å². The molecule has 0 unspecified atom stereocenters. The van der Waals surface area contributed by atoms with Crippen LogP contribution in [0.4, 0.5) is 0 Å². The molecule has 0 saturated carbocycles. The molecule has 0 bridgehead atoms. The lowest BCUT2D eigenvalue weighted by Crippen LogP contribution is -2.38. The van der Waals surface area contributed by atoms with E-state index in [0.29, 0.717) is 0 Å². The second-order valence-corrected chi connectivity index (χ2v) is 17.8. The average Bonchev–Trinajstić information content (AvgIpc) is 2.23. The molecule has 0 fully saturated rings. The first-order valence-corrected chi connectivity index (χ1v) is 14.3. The summed E-state index contributed by atoms with van der Waals surface area (Å²) in [6.45, 7) is 19.5. The van der Waals surface area contributed by atoms with E-state index >= 15 is 0 Å². The van der Waals surface area contributed by atoms with Gasteiger partial charge in [0.15, 0.2) is 0 Å². The number of hydrogen-bond donors (Lipinski definition) is 0. The SMILES string of the molecule is CCCCN1C=C([Si](C)(C)C)C=C([Si](C)(C)C)C1. The molecule has 0 aromatic rings. The van der Waals surface area contributed by atoms with Crippen molar-refractivity contribution in [2.45, 2.75) is 59.0 Å². The molecule has 0 N–H and O–H groups in total. The maximum absolute atomic E-state index is 2.57. The summed E-state index contributed by atoms with van der Waals surface area (Å²) in [7, 11) is -2.35. The lowest BCUT2D eigenvalue weighted by Gasteiger charge is -2.35. The van der Waals surface area contributed by atoms with Crippen molar-refractivity contribution in [1.29, 1.82) is 0 Å². The van der Waals surface area contributed by atoms with E-state index < -0.39 is 16.1 Å². The zero-order valence-electron chi connectivity index (χ0n) is 13.4. The minimum absolute atomic E-state index is 1.16. The number of nitrogens with zero attached hydrogens (tertiary/aromatic N) is 1. The van der Waals surface area contributed by atoms with Crippen molar-refractivity contribution in [1.82, 2.24) is 4.90 Å². The first-order chi connectivity index (χ1) is 8.14. The third kappa shape index (κ3) is 4.43. The van der Waals surface area contributed by atoms with Gasteiger partial charge in [-0.15, -0.1) is 0 Å². The van der Waals surface area contributed by atoms with E-state index in [1.165, 1.54) is 25.9 Å². The van der Waals surface area contributed by atoms with Crippen molar-refractivity contribution in [3.8, 4) is 0 Å². The van der Waals surface area contributed by atoms with Crippen LogP contribution < -0.4 is 0 Å². The van der Waals surface area contributed by atoms with E-state index in [4.69, 9.17) is 0 Å². The Kier molecular flexibility index (Phi) is 5.07. The molecule has 0 aromatic carbocycles. The topological polar surface area (TPSA) is 3.24 Å². The van der Waals surface area contributed by atoms with Crippen LogP contribution in [0, 0.1) is 0 Å². The molecule has 0 radical (unpaired) electrons. The quantitative estimate of drug-likeness (QED) is 0.662. The third-order valence-corrected chi connectivity index (χ3v) is 7.89. The van der Waals surface area contributed by atoms with Gasteiger partial charge in [-0.25, -0.2) is 0 Å². The highest BCUT2D eigenvalue weighted by molar-refractivity contribution is 6.85. The van der Waals surface area contributed by atoms with Crippen molar-refractivity contribution < 1.29 is 0 Å². The van der Waals surface area contributed by atoms with Crippen molar-refractivity contribution in [3.63, 3.8) is 0 Å². The van der Waals surface area contributed by atoms with Gasteiger partial charge in [-0.3, -0.25) is 0 Å². The Bertz CT molecular complexity index is 342. The van der Waals surface area contributed by atoms with Crippen LogP contribution in [0.3, 0.4) is 0 Å². The number of allylic oxidation sites excluding steroid dienone is 2. The summed E-state index contributed by atoms with van der Waals surface area (Å²) >= 11 is 0. The molecule has 1 aliphatic rings. The first kappa shape index (κ1) is 15.8. The van der Waals surface area contributed by atoms with Crippen LogP contribution in [0.25, 0.3) is 0 Å². The fourth-order valence-electron chi connectivity index (χ4n) is 2.10. The monoisotopic (exact) mass is 281 g/mol. The molecule has 0 spiro atoms. The van der Waals surface area contributed by atoms with Gasteiger partial charge in [0.25, 0.3) is 0 Å². The van der Waals surface area contributed by atoms with Crippen molar-refractivity contribution in [2.75, 3.05) is 13.1 Å². The van der Waals surface area contributed by atoms with E-state index in [2.05, 4.69) is 63.4 Å². The van der Waals surface area contributed by atoms with Gasteiger partial charge in [-0.1, -0.05) is 63.9 Å². The molecular formula is C15H31NSi2. The van der Waals surface area contributed by atoms with E-state index in [0.717, 1.165) is 0 Å². The highest BCUT2D eigenvalue weighted by atomic mass is 28.3. The summed E-state index contributed by atoms with van der Waals surface area (Å²) in [4.78, 5) is 2.57. The van der Waals surface area contributed by atoms with Gasteiger partial charge in [0.1, 0.15) is 0 Å². The first-order valence-electron chi connectivity index (χ1n) is 7.32. The van der Waals surface area contributed by atoms with Crippen molar-refractivity contribution in [3.05, 3.63) is 22.7 Å². The van der Waals surface area contributed by atoms with Gasteiger partial charge in [0.05, 0.1) is 16.1 Å². The van der Waals surface area contributed by atoms with E-state index in [1.54, 1.807) is 10.4 Å². The van der Waals surface area contributed by atoms with E-state index in [1.807, 2.05) is 0 Å². The maximum atomic E-state index is 2.57. The maximum Gasteiger partial charge on any atom is 0.0794 e. The summed E-state index contributed by atoms with van der Waals surface area (Å²) in [5.41, 5.74) is 0. The lowest BCUT2D eigenvalue weighted by molar-refractivity contribution is 0.395. The standard InChI is InChI=1S/C15H31NSi2/c1-8-9-10-16-12-14(17(2,3)4)11-15(13-16)18(5,6)7/h11-12H,8-10,13H2,1-7H3. The molecular weight excluding hydrogens is 250 g/mol. The van der Waals surface area contributed by atoms with Crippen LogP contribution in [0.1, 0.15) is 19.8 Å². The molecule has 1 rings (SSSR count). The summed E-state index contributed by atoms with van der Waals surface area (Å²) < 4.78 is 0. The highest BCUT2D eigenvalue weighted by Crippen LogP contribution is 2.27. The van der Waals surface area contributed by atoms with Crippen LogP contribution in [-0.4, -0.2) is 34.1 Å². The predicted octanol–water partition coefficient (Wildman–Crippen LogP) is 4.67. The summed E-state index contributed by atoms with van der Waals surface area (Å²) in [6.07, 6.45) is 7.62. The van der Waals surface area contributed by atoms with Crippen LogP contribution >= 0.6 is 0 Å². The van der Waals surface area contributed by atoms with Crippen LogP contribution in [0.15, 0.2) is 22.7 Å². The smallest absolute Gasteiger partial charge is 0.0794 e. The molecule has 1 nitrogen and oxygen atoms in total. The summed E-state index contributed by atoms with van der Waals surface area (Å²) in [5.74, 6) is 0. The minimum Gasteiger partial charge on any atom is -0.374 e. The molecule has 0 atom stereocenters. The molecule has 0 aliphatic carbocycles. The Balaban J connectivity index is 2.97. The molecule has 3 heteroatoms. The second kappa shape index (κ2) is 5.78. The largest absolute Gasteiger partial charge is 0.374 e. The molecule has 1 heterocycles. The average molecular weight is 282 g/mol. The van der Waals surface area contributed by atoms with Crippen molar-refractivity contribution in [2.24, 2.45) is 0 Å². The Labute approximate surface area is 116 Å². The normalized spacial score (nSPS) is 17.6. The Morgan fingerprint density at radius 1 is 1.06 bits per heavy atom. The lowest BCUT2D eigenvalue weighted by atomic mass is 10.3. The summed E-state index contributed by atoms with van der Waals surface area (Å²) in [6, 6.07) is 0. The Morgan fingerprint density at radius 3 is 2.11 bits per heavy atom. The van der Waals surface area contributed by atoms with Crippen molar-refractivity contribution >= 4 is 16.1 Å². The van der Waals surface area contributed by atoms with Crippen LogP contribution in [0.5, 0.6) is 0 Å². The molecule has 0 saturated heterocycles. The zero-order valence-corrected chi connectivity index (χ0v) is 15.4. The zero-order chi connectivity index (χ0) is 14.0. The van der Waals surface area contributed by atoms with E-state index in [9.17, 15) is 0 Å². The Hall–Kier alpha value is -0.286. The molecule has 1 aliphatic heterocycles. The van der Waals surface area contributed by atoms with Gasteiger partial charge < -0.3 is 4.90 Å². The third-order valence-electron chi connectivity index (χ3n) is 3.65. The minimum atomic E-state index is -1.19. The fraction of sp³-hybridized carbons (Fsp3) is 0.733. The Morgan fingerprint density at radius 2 is 1.67 bits per heavy atom. The number of rotatable bonds is 5. The van der Waals surface area contributed by atoms with Crippen LogP contribution in [-0.2, 0) is 0 Å². The molecule has 104 valence electrons. The molecule has 0 aromatic heterocycles. The van der Waals surface area contributed by atoms with Gasteiger partial charge >= 0.3 is 0 Å². The van der Waals surface area contributed by atoms with E-state index in [-0.39, 0.29) is 0 Å². The van der Waals surface area contributed by atoms with Gasteiger partial charge in [-0.2, -0.15) is 0 Å². The summed E-state index contributed by atoms with van der Waals surface area (Å²) in [5, 5.41) is 3.38. The van der Waals surface area contributed by atoms with Crippen LogP contribution in [0.2, 0.25) is 39.3 Å². The molecule has 18 heavy (non-hydrogen) atoms. The number of unbranched alkanes of at least 4 members (excludes halogenated alkanes) is 1. The van der Waals surface area contributed by atoms with Gasteiger partial charge in [0, 0.05) is 13.1 Å². The second-order valence-electron chi connectivity index (χ2n) is 7.58. The van der Waals surface area contributed by atoms with Gasteiger partial charge in [0.2, 0.25) is 0 Å². The molecule has 0 amide bonds. The predicted molar refractivity (Wildman–Crippen MR) is 89.3 cm³/mol. The number of hydrogen-bond acceptors (Lipinski definition) is 1. The highest BCUT2D eigenvalue weighted by Gasteiger charge is 2.28.